The molecule has 1 aliphatic carbocycles. The third kappa shape index (κ3) is 2.98. The van der Waals surface area contributed by atoms with Gasteiger partial charge in [0.2, 0.25) is 0 Å². The van der Waals surface area contributed by atoms with Crippen molar-refractivity contribution in [3.63, 3.8) is 0 Å². The van der Waals surface area contributed by atoms with Crippen LogP contribution in [0.2, 0.25) is 0 Å². The summed E-state index contributed by atoms with van der Waals surface area (Å²) >= 11 is 0. The molecule has 3 unspecified atom stereocenters. The molecular weight excluding hydrogens is 160 g/mol. The Kier molecular flexibility index (Phi) is 3.78. The fourth-order valence-corrected chi connectivity index (χ4v) is 2.42. The van der Waals surface area contributed by atoms with Crippen LogP contribution in [0.3, 0.4) is 0 Å². The highest BCUT2D eigenvalue weighted by Crippen LogP contribution is 2.38. The number of aliphatic hydroxyl groups is 1. The molecule has 1 heteroatoms. The van der Waals surface area contributed by atoms with Crippen LogP contribution in [0.1, 0.15) is 59.3 Å². The van der Waals surface area contributed by atoms with Crippen molar-refractivity contribution in [1.82, 2.24) is 0 Å². The maximum absolute atomic E-state index is 10.3. The molecule has 0 aromatic carbocycles. The second-order valence-electron chi connectivity index (χ2n) is 5.03. The lowest BCUT2D eigenvalue weighted by atomic mass is 9.71. The van der Waals surface area contributed by atoms with Gasteiger partial charge in [0.1, 0.15) is 0 Å². The Morgan fingerprint density at radius 1 is 1.31 bits per heavy atom. The van der Waals surface area contributed by atoms with Crippen molar-refractivity contribution < 1.29 is 5.11 Å². The number of hydrogen-bond acceptors (Lipinski definition) is 1. The van der Waals surface area contributed by atoms with E-state index < -0.39 is 0 Å². The van der Waals surface area contributed by atoms with Gasteiger partial charge in [-0.25, -0.2) is 0 Å². The van der Waals surface area contributed by atoms with Crippen LogP contribution < -0.4 is 0 Å². The van der Waals surface area contributed by atoms with Crippen LogP contribution in [0.5, 0.6) is 0 Å². The summed E-state index contributed by atoms with van der Waals surface area (Å²) in [6, 6.07) is 0. The normalized spacial score (nSPS) is 40.6. The van der Waals surface area contributed by atoms with Crippen molar-refractivity contribution in [3.8, 4) is 0 Å². The highest BCUT2D eigenvalue weighted by atomic mass is 16.3. The molecule has 0 aliphatic heterocycles. The summed E-state index contributed by atoms with van der Waals surface area (Å²) in [7, 11) is 0. The maximum Gasteiger partial charge on any atom is 0.0650 e. The molecule has 1 nitrogen and oxygen atoms in total. The van der Waals surface area contributed by atoms with Crippen molar-refractivity contribution >= 4 is 0 Å². The first-order valence-electron chi connectivity index (χ1n) is 5.80. The van der Waals surface area contributed by atoms with Gasteiger partial charge in [0, 0.05) is 0 Å². The van der Waals surface area contributed by atoms with Crippen molar-refractivity contribution in [3.05, 3.63) is 0 Å². The summed E-state index contributed by atoms with van der Waals surface area (Å²) in [5.74, 6) is 1.51. The first-order valence-corrected chi connectivity index (χ1v) is 5.80. The lowest BCUT2D eigenvalue weighted by Gasteiger charge is -2.39. The predicted molar refractivity (Wildman–Crippen MR) is 56.7 cm³/mol. The summed E-state index contributed by atoms with van der Waals surface area (Å²) in [5.41, 5.74) is -0.318. The first-order chi connectivity index (χ1) is 6.07. The highest BCUT2D eigenvalue weighted by molar-refractivity contribution is 4.87. The minimum atomic E-state index is -0.318. The number of rotatable bonds is 3. The van der Waals surface area contributed by atoms with Gasteiger partial charge in [0.05, 0.1) is 5.60 Å². The minimum absolute atomic E-state index is 0.318. The van der Waals surface area contributed by atoms with E-state index in [0.717, 1.165) is 25.2 Å². The van der Waals surface area contributed by atoms with Gasteiger partial charge in [0.25, 0.3) is 0 Å². The Labute approximate surface area is 82.5 Å². The van der Waals surface area contributed by atoms with Crippen LogP contribution in [0.25, 0.3) is 0 Å². The summed E-state index contributed by atoms with van der Waals surface area (Å²) in [4.78, 5) is 0. The lowest BCUT2D eigenvalue weighted by molar-refractivity contribution is -0.0364. The van der Waals surface area contributed by atoms with Crippen LogP contribution in [0.4, 0.5) is 0 Å². The smallest absolute Gasteiger partial charge is 0.0650 e. The van der Waals surface area contributed by atoms with Gasteiger partial charge in [-0.2, -0.15) is 0 Å². The molecule has 1 aliphatic rings. The quantitative estimate of drug-likeness (QED) is 0.713. The molecule has 0 bridgehead atoms. The zero-order valence-corrected chi connectivity index (χ0v) is 9.34. The van der Waals surface area contributed by atoms with Crippen LogP contribution in [0, 0.1) is 11.8 Å². The molecule has 1 N–H and O–H groups in total. The standard InChI is InChI=1S/C12H24O/c1-4-5-7-12(13)8-6-10(2)11(3)9-12/h10-11,13H,4-9H2,1-3H3. The fraction of sp³-hybridized carbons (Fsp3) is 1.00. The zero-order chi connectivity index (χ0) is 9.90. The van der Waals surface area contributed by atoms with E-state index in [0.29, 0.717) is 5.92 Å². The molecule has 0 saturated heterocycles. The Morgan fingerprint density at radius 3 is 2.54 bits per heavy atom. The number of hydrogen-bond donors (Lipinski definition) is 1. The van der Waals surface area contributed by atoms with E-state index in [1.807, 2.05) is 0 Å². The predicted octanol–water partition coefficient (Wildman–Crippen LogP) is 3.36. The molecule has 0 radical (unpaired) electrons. The van der Waals surface area contributed by atoms with Crippen LogP contribution in [-0.2, 0) is 0 Å². The second-order valence-corrected chi connectivity index (χ2v) is 5.03. The summed E-state index contributed by atoms with van der Waals surface area (Å²) < 4.78 is 0. The third-order valence-corrected chi connectivity index (χ3v) is 3.73. The Bertz CT molecular complexity index is 151. The van der Waals surface area contributed by atoms with Crippen molar-refractivity contribution in [2.75, 3.05) is 0 Å². The van der Waals surface area contributed by atoms with Gasteiger partial charge in [-0.05, 0) is 37.5 Å². The molecule has 1 fully saturated rings. The van der Waals surface area contributed by atoms with Crippen molar-refractivity contribution in [2.24, 2.45) is 11.8 Å². The number of unbranched alkanes of at least 4 members (excludes halogenated alkanes) is 1. The average Bonchev–Trinajstić information content (AvgIpc) is 2.09. The molecule has 13 heavy (non-hydrogen) atoms. The Morgan fingerprint density at radius 2 is 2.00 bits per heavy atom. The maximum atomic E-state index is 10.3. The molecule has 1 rings (SSSR count). The molecular formula is C12H24O. The summed E-state index contributed by atoms with van der Waals surface area (Å²) in [6.45, 7) is 6.78. The van der Waals surface area contributed by atoms with E-state index in [2.05, 4.69) is 20.8 Å². The monoisotopic (exact) mass is 184 g/mol. The van der Waals surface area contributed by atoms with E-state index in [9.17, 15) is 5.11 Å². The van der Waals surface area contributed by atoms with Crippen LogP contribution >= 0.6 is 0 Å². The topological polar surface area (TPSA) is 20.2 Å². The first kappa shape index (κ1) is 11.0. The minimum Gasteiger partial charge on any atom is -0.390 e. The summed E-state index contributed by atoms with van der Waals surface area (Å²) in [6.07, 6.45) is 6.65. The second kappa shape index (κ2) is 4.45. The molecule has 78 valence electrons. The van der Waals surface area contributed by atoms with Gasteiger partial charge in [-0.1, -0.05) is 33.6 Å². The molecule has 3 atom stereocenters. The van der Waals surface area contributed by atoms with E-state index >= 15 is 0 Å². The van der Waals surface area contributed by atoms with Gasteiger partial charge in [-0.15, -0.1) is 0 Å². The molecule has 0 heterocycles. The van der Waals surface area contributed by atoms with Gasteiger partial charge < -0.3 is 5.11 Å². The van der Waals surface area contributed by atoms with Crippen molar-refractivity contribution in [1.29, 1.82) is 0 Å². The van der Waals surface area contributed by atoms with Gasteiger partial charge in [-0.3, -0.25) is 0 Å². The lowest BCUT2D eigenvalue weighted by Crippen LogP contribution is -2.37. The largest absolute Gasteiger partial charge is 0.390 e. The molecule has 0 aromatic rings. The molecule has 1 saturated carbocycles. The molecule has 0 spiro atoms. The van der Waals surface area contributed by atoms with E-state index in [-0.39, 0.29) is 5.60 Å². The van der Waals surface area contributed by atoms with E-state index in [4.69, 9.17) is 0 Å². The zero-order valence-electron chi connectivity index (χ0n) is 9.34. The van der Waals surface area contributed by atoms with E-state index in [1.165, 1.54) is 19.3 Å². The Hall–Kier alpha value is -0.0400. The highest BCUT2D eigenvalue weighted by Gasteiger charge is 2.34. The summed E-state index contributed by atoms with van der Waals surface area (Å²) in [5, 5.41) is 10.3. The third-order valence-electron chi connectivity index (χ3n) is 3.73. The molecule has 0 amide bonds. The Balaban J connectivity index is 2.41. The van der Waals surface area contributed by atoms with Crippen LogP contribution in [-0.4, -0.2) is 10.7 Å². The van der Waals surface area contributed by atoms with Gasteiger partial charge >= 0.3 is 0 Å². The van der Waals surface area contributed by atoms with Gasteiger partial charge in [0.15, 0.2) is 0 Å². The van der Waals surface area contributed by atoms with Crippen molar-refractivity contribution in [2.45, 2.75) is 64.9 Å². The molecule has 0 aromatic heterocycles. The van der Waals surface area contributed by atoms with E-state index in [1.54, 1.807) is 0 Å². The van der Waals surface area contributed by atoms with Crippen LogP contribution in [0.15, 0.2) is 0 Å². The SMILES string of the molecule is CCCCC1(O)CCC(C)C(C)C1. The average molecular weight is 184 g/mol. The fourth-order valence-electron chi connectivity index (χ4n) is 2.42.